The molecule has 5 nitrogen and oxygen atoms in total. The molecule has 0 spiro atoms. The molecule has 3 aromatic rings. The number of aromatic nitrogens is 2. The summed E-state index contributed by atoms with van der Waals surface area (Å²) in [6.45, 7) is 8.24. The lowest BCUT2D eigenvalue weighted by Crippen LogP contribution is -2.46. The van der Waals surface area contributed by atoms with Crippen molar-refractivity contribution in [3.63, 3.8) is 0 Å². The predicted molar refractivity (Wildman–Crippen MR) is 122 cm³/mol. The summed E-state index contributed by atoms with van der Waals surface area (Å²) in [4.78, 5) is 14.5. The van der Waals surface area contributed by atoms with Gasteiger partial charge in [-0.15, -0.1) is 0 Å². The third-order valence-corrected chi connectivity index (χ3v) is 5.48. The van der Waals surface area contributed by atoms with Crippen LogP contribution in [0.3, 0.4) is 0 Å². The van der Waals surface area contributed by atoms with E-state index in [1.54, 1.807) is 0 Å². The number of hydrogen-bond acceptors (Lipinski definition) is 5. The minimum Gasteiger partial charge on any atom is -0.368 e. The zero-order valence-corrected chi connectivity index (χ0v) is 17.3. The van der Waals surface area contributed by atoms with Gasteiger partial charge in [-0.2, -0.15) is 0 Å². The number of nitrogens with zero attached hydrogens (tertiary/aromatic N) is 4. The third kappa shape index (κ3) is 4.67. The van der Waals surface area contributed by atoms with Crippen molar-refractivity contribution < 1.29 is 0 Å². The van der Waals surface area contributed by atoms with Crippen molar-refractivity contribution in [2.24, 2.45) is 0 Å². The van der Waals surface area contributed by atoms with Crippen LogP contribution in [0.15, 0.2) is 66.7 Å². The van der Waals surface area contributed by atoms with E-state index >= 15 is 0 Å². The first-order valence-electron chi connectivity index (χ1n) is 10.5. The summed E-state index contributed by atoms with van der Waals surface area (Å²) in [6.07, 6.45) is 1.05. The van der Waals surface area contributed by atoms with E-state index in [4.69, 9.17) is 9.97 Å². The summed E-state index contributed by atoms with van der Waals surface area (Å²) in [5.74, 6) is 2.67. The molecule has 0 bridgehead atoms. The fourth-order valence-electron chi connectivity index (χ4n) is 3.57. The van der Waals surface area contributed by atoms with Crippen LogP contribution in [0.5, 0.6) is 0 Å². The molecule has 150 valence electrons. The maximum atomic E-state index is 4.91. The molecule has 1 atom stereocenters. The molecule has 4 rings (SSSR count). The Morgan fingerprint density at radius 3 is 2.14 bits per heavy atom. The molecule has 1 saturated heterocycles. The summed E-state index contributed by atoms with van der Waals surface area (Å²) in [7, 11) is 0. The number of anilines is 3. The van der Waals surface area contributed by atoms with Crippen LogP contribution < -0.4 is 15.1 Å². The summed E-state index contributed by atoms with van der Waals surface area (Å²) >= 11 is 0. The molecule has 0 aliphatic carbocycles. The first kappa shape index (κ1) is 19.2. The number of rotatable bonds is 6. The molecule has 0 amide bonds. The van der Waals surface area contributed by atoms with E-state index in [0.717, 1.165) is 55.6 Å². The molecule has 0 radical (unpaired) electrons. The van der Waals surface area contributed by atoms with Gasteiger partial charge in [0.25, 0.3) is 0 Å². The van der Waals surface area contributed by atoms with Gasteiger partial charge in [0.05, 0.1) is 0 Å². The number of benzene rings is 2. The molecule has 1 aromatic heterocycles. The molecular weight excluding hydrogens is 358 g/mol. The maximum absolute atomic E-state index is 4.91. The Balaban J connectivity index is 1.57. The van der Waals surface area contributed by atoms with Crippen molar-refractivity contribution in [2.75, 3.05) is 41.3 Å². The quantitative estimate of drug-likeness (QED) is 0.665. The van der Waals surface area contributed by atoms with E-state index in [1.165, 1.54) is 5.69 Å². The second kappa shape index (κ2) is 8.95. The van der Waals surface area contributed by atoms with Crippen molar-refractivity contribution in [2.45, 2.75) is 26.3 Å². The van der Waals surface area contributed by atoms with Gasteiger partial charge in [0, 0.05) is 49.5 Å². The minimum absolute atomic E-state index is 0.372. The van der Waals surface area contributed by atoms with Crippen molar-refractivity contribution in [1.82, 2.24) is 9.97 Å². The Morgan fingerprint density at radius 1 is 0.862 bits per heavy atom. The zero-order valence-electron chi connectivity index (χ0n) is 17.3. The lowest BCUT2D eigenvalue weighted by molar-refractivity contribution is 0.647. The molecule has 1 unspecified atom stereocenters. The Morgan fingerprint density at radius 2 is 1.48 bits per heavy atom. The first-order chi connectivity index (χ1) is 14.2. The molecule has 2 heterocycles. The van der Waals surface area contributed by atoms with Crippen LogP contribution >= 0.6 is 0 Å². The number of nitrogens with one attached hydrogen (secondary N) is 1. The topological polar surface area (TPSA) is 44.3 Å². The number of para-hydroxylation sites is 1. The second-order valence-electron chi connectivity index (χ2n) is 7.56. The van der Waals surface area contributed by atoms with Gasteiger partial charge in [0.15, 0.2) is 5.82 Å². The Labute approximate surface area is 173 Å². The predicted octanol–water partition coefficient (Wildman–Crippen LogP) is 4.68. The average Bonchev–Trinajstić information content (AvgIpc) is 2.80. The molecule has 0 saturated carbocycles. The standard InChI is InChI=1S/C24H29N5/c1-3-19(2)25-22-18-23(27-24(26-22)20-10-6-4-7-11-20)29-16-14-28(15-17-29)21-12-8-5-9-13-21/h4-13,18-19H,3,14-17H2,1-2H3,(H,25,26,27). The summed E-state index contributed by atoms with van der Waals surface area (Å²) in [5, 5.41) is 3.53. The third-order valence-electron chi connectivity index (χ3n) is 5.48. The highest BCUT2D eigenvalue weighted by atomic mass is 15.3. The Bertz CT molecular complexity index is 905. The summed E-state index contributed by atoms with van der Waals surface area (Å²) in [5.41, 5.74) is 2.34. The van der Waals surface area contributed by atoms with Gasteiger partial charge < -0.3 is 15.1 Å². The minimum atomic E-state index is 0.372. The van der Waals surface area contributed by atoms with Gasteiger partial charge >= 0.3 is 0 Å². The van der Waals surface area contributed by atoms with Crippen LogP contribution in [0.2, 0.25) is 0 Å². The molecule has 5 heteroatoms. The van der Waals surface area contributed by atoms with Crippen molar-refractivity contribution in [3.8, 4) is 11.4 Å². The Kier molecular flexibility index (Phi) is 5.94. The lowest BCUT2D eigenvalue weighted by Gasteiger charge is -2.37. The van der Waals surface area contributed by atoms with Crippen molar-refractivity contribution in [3.05, 3.63) is 66.7 Å². The van der Waals surface area contributed by atoms with Crippen LogP contribution in [0.4, 0.5) is 17.3 Å². The van der Waals surface area contributed by atoms with Gasteiger partial charge in [-0.05, 0) is 25.5 Å². The molecule has 29 heavy (non-hydrogen) atoms. The van der Waals surface area contributed by atoms with Gasteiger partial charge in [-0.25, -0.2) is 9.97 Å². The van der Waals surface area contributed by atoms with Crippen LogP contribution in [-0.2, 0) is 0 Å². The monoisotopic (exact) mass is 387 g/mol. The van der Waals surface area contributed by atoms with Gasteiger partial charge in [-0.3, -0.25) is 0 Å². The highest BCUT2D eigenvalue weighted by Gasteiger charge is 2.20. The molecule has 1 aliphatic heterocycles. The van der Waals surface area contributed by atoms with E-state index in [2.05, 4.69) is 77.5 Å². The highest BCUT2D eigenvalue weighted by Crippen LogP contribution is 2.25. The van der Waals surface area contributed by atoms with Gasteiger partial charge in [0.2, 0.25) is 0 Å². The molecule has 1 fully saturated rings. The summed E-state index contributed by atoms with van der Waals surface area (Å²) in [6, 6.07) is 23.3. The van der Waals surface area contributed by atoms with Gasteiger partial charge in [-0.1, -0.05) is 55.5 Å². The van der Waals surface area contributed by atoms with Crippen molar-refractivity contribution >= 4 is 17.3 Å². The van der Waals surface area contributed by atoms with Crippen molar-refractivity contribution in [1.29, 1.82) is 0 Å². The normalized spacial score (nSPS) is 15.2. The molecule has 1 N–H and O–H groups in total. The van der Waals surface area contributed by atoms with Crippen LogP contribution in [0.1, 0.15) is 20.3 Å². The fraction of sp³-hybridized carbons (Fsp3) is 0.333. The second-order valence-corrected chi connectivity index (χ2v) is 7.56. The Hall–Kier alpha value is -3.08. The van der Waals surface area contributed by atoms with Gasteiger partial charge in [0.1, 0.15) is 11.6 Å². The molecule has 1 aliphatic rings. The molecular formula is C24H29N5. The smallest absolute Gasteiger partial charge is 0.163 e. The van der Waals surface area contributed by atoms with E-state index in [0.29, 0.717) is 6.04 Å². The zero-order chi connectivity index (χ0) is 20.1. The maximum Gasteiger partial charge on any atom is 0.163 e. The van der Waals surface area contributed by atoms with E-state index in [9.17, 15) is 0 Å². The van der Waals surface area contributed by atoms with Crippen LogP contribution in [0.25, 0.3) is 11.4 Å². The average molecular weight is 388 g/mol. The lowest BCUT2D eigenvalue weighted by atomic mass is 10.2. The largest absolute Gasteiger partial charge is 0.368 e. The molecule has 2 aromatic carbocycles. The highest BCUT2D eigenvalue weighted by molar-refractivity contribution is 5.62. The summed E-state index contributed by atoms with van der Waals surface area (Å²) < 4.78 is 0. The number of piperazine rings is 1. The van der Waals surface area contributed by atoms with Crippen LogP contribution in [0, 0.1) is 0 Å². The van der Waals surface area contributed by atoms with E-state index in [-0.39, 0.29) is 0 Å². The van der Waals surface area contributed by atoms with E-state index in [1.807, 2.05) is 18.2 Å². The first-order valence-corrected chi connectivity index (χ1v) is 10.5. The van der Waals surface area contributed by atoms with E-state index < -0.39 is 0 Å². The fourth-order valence-corrected chi connectivity index (χ4v) is 3.57. The van der Waals surface area contributed by atoms with Crippen LogP contribution in [-0.4, -0.2) is 42.2 Å². The SMILES string of the molecule is CCC(C)Nc1cc(N2CCN(c3ccccc3)CC2)nc(-c2ccccc2)n1. The number of hydrogen-bond donors (Lipinski definition) is 1.